The number of aryl methyl sites for hydroxylation is 1. The van der Waals surface area contributed by atoms with Gasteiger partial charge in [-0.25, -0.2) is 8.78 Å². The standard InChI is InChI=1S/C11H9F4NO/c1-7-2-3-8(5-16)9(4-7)17-6-11(14,15)10(12)13/h2-4,10H,6H2,1H3. The second kappa shape index (κ2) is 5.04. The summed E-state index contributed by atoms with van der Waals surface area (Å²) >= 11 is 0. The first-order valence-electron chi connectivity index (χ1n) is 4.66. The van der Waals surface area contributed by atoms with E-state index in [2.05, 4.69) is 4.74 Å². The van der Waals surface area contributed by atoms with Crippen LogP contribution in [0.1, 0.15) is 11.1 Å². The lowest BCUT2D eigenvalue weighted by Gasteiger charge is -2.16. The van der Waals surface area contributed by atoms with E-state index in [0.29, 0.717) is 5.56 Å². The van der Waals surface area contributed by atoms with E-state index in [4.69, 9.17) is 5.26 Å². The summed E-state index contributed by atoms with van der Waals surface area (Å²) in [4.78, 5) is 0. The Balaban J connectivity index is 2.83. The van der Waals surface area contributed by atoms with Crippen LogP contribution in [0.2, 0.25) is 0 Å². The minimum Gasteiger partial charge on any atom is -0.486 e. The quantitative estimate of drug-likeness (QED) is 0.766. The van der Waals surface area contributed by atoms with Crippen LogP contribution in [0.3, 0.4) is 0 Å². The number of alkyl halides is 4. The second-order valence-electron chi connectivity index (χ2n) is 3.46. The van der Waals surface area contributed by atoms with Crippen LogP contribution in [0.25, 0.3) is 0 Å². The predicted molar refractivity (Wildman–Crippen MR) is 52.3 cm³/mol. The highest BCUT2D eigenvalue weighted by molar-refractivity contribution is 5.45. The maximum atomic E-state index is 12.6. The molecule has 0 N–H and O–H groups in total. The van der Waals surface area contributed by atoms with Crippen LogP contribution in [0.4, 0.5) is 17.6 Å². The van der Waals surface area contributed by atoms with Crippen molar-refractivity contribution in [2.45, 2.75) is 19.3 Å². The largest absolute Gasteiger partial charge is 0.486 e. The van der Waals surface area contributed by atoms with Gasteiger partial charge in [-0.15, -0.1) is 0 Å². The zero-order valence-electron chi connectivity index (χ0n) is 8.88. The maximum Gasteiger partial charge on any atom is 0.340 e. The Morgan fingerprint density at radius 1 is 1.41 bits per heavy atom. The van der Waals surface area contributed by atoms with Gasteiger partial charge in [0.05, 0.1) is 5.56 Å². The van der Waals surface area contributed by atoms with Crippen molar-refractivity contribution >= 4 is 0 Å². The van der Waals surface area contributed by atoms with Crippen molar-refractivity contribution in [2.24, 2.45) is 0 Å². The number of nitriles is 1. The first-order chi connectivity index (χ1) is 7.86. The van der Waals surface area contributed by atoms with Crippen molar-refractivity contribution in [2.75, 3.05) is 6.61 Å². The Morgan fingerprint density at radius 3 is 2.59 bits per heavy atom. The Hall–Kier alpha value is -1.77. The van der Waals surface area contributed by atoms with E-state index in [1.807, 2.05) is 0 Å². The number of ether oxygens (including phenoxy) is 1. The van der Waals surface area contributed by atoms with E-state index in [-0.39, 0.29) is 11.3 Å². The van der Waals surface area contributed by atoms with E-state index in [1.54, 1.807) is 19.1 Å². The van der Waals surface area contributed by atoms with Crippen molar-refractivity contribution in [1.82, 2.24) is 0 Å². The van der Waals surface area contributed by atoms with Gasteiger partial charge in [-0.3, -0.25) is 0 Å². The SMILES string of the molecule is Cc1ccc(C#N)c(OCC(F)(F)C(F)F)c1. The highest BCUT2D eigenvalue weighted by Gasteiger charge is 2.41. The molecule has 1 aromatic rings. The van der Waals surface area contributed by atoms with Crippen molar-refractivity contribution in [3.05, 3.63) is 29.3 Å². The molecule has 1 aromatic carbocycles. The van der Waals surface area contributed by atoms with Crippen LogP contribution >= 0.6 is 0 Å². The molecule has 0 fully saturated rings. The minimum atomic E-state index is -4.23. The van der Waals surface area contributed by atoms with Gasteiger partial charge in [-0.2, -0.15) is 14.0 Å². The molecule has 0 heterocycles. The Labute approximate surface area is 95.4 Å². The summed E-state index contributed by atoms with van der Waals surface area (Å²) in [6, 6.07) is 6.05. The van der Waals surface area contributed by atoms with Gasteiger partial charge in [0.2, 0.25) is 0 Å². The Morgan fingerprint density at radius 2 is 2.06 bits per heavy atom. The summed E-state index contributed by atoms with van der Waals surface area (Å²) < 4.78 is 53.6. The fraction of sp³-hybridized carbons (Fsp3) is 0.364. The molecule has 0 saturated heterocycles. The third-order valence-electron chi connectivity index (χ3n) is 2.00. The summed E-state index contributed by atoms with van der Waals surface area (Å²) in [5, 5.41) is 8.68. The fourth-order valence-corrected chi connectivity index (χ4v) is 1.08. The molecule has 2 nitrogen and oxygen atoms in total. The highest BCUT2D eigenvalue weighted by atomic mass is 19.3. The molecule has 1 rings (SSSR count). The lowest BCUT2D eigenvalue weighted by atomic mass is 10.1. The topological polar surface area (TPSA) is 33.0 Å². The molecule has 0 aromatic heterocycles. The van der Waals surface area contributed by atoms with E-state index >= 15 is 0 Å². The van der Waals surface area contributed by atoms with Gasteiger partial charge in [0.1, 0.15) is 11.8 Å². The van der Waals surface area contributed by atoms with Crippen LogP contribution in [-0.4, -0.2) is 19.0 Å². The average molecular weight is 247 g/mol. The van der Waals surface area contributed by atoms with Gasteiger partial charge < -0.3 is 4.74 Å². The maximum absolute atomic E-state index is 12.6. The molecule has 0 spiro atoms. The van der Waals surface area contributed by atoms with Crippen LogP contribution in [0, 0.1) is 18.3 Å². The van der Waals surface area contributed by atoms with Gasteiger partial charge in [-0.05, 0) is 24.6 Å². The molecule has 0 bridgehead atoms. The molecule has 0 saturated carbocycles. The van der Waals surface area contributed by atoms with Crippen molar-refractivity contribution in [3.8, 4) is 11.8 Å². The molecule has 6 heteroatoms. The summed E-state index contributed by atoms with van der Waals surface area (Å²) in [5.74, 6) is -4.34. The molecular formula is C11H9F4NO. The summed E-state index contributed by atoms with van der Waals surface area (Å²) in [7, 11) is 0. The zero-order chi connectivity index (χ0) is 13.1. The Kier molecular flexibility index (Phi) is 3.94. The highest BCUT2D eigenvalue weighted by Crippen LogP contribution is 2.26. The molecule has 0 amide bonds. The van der Waals surface area contributed by atoms with Gasteiger partial charge in [-0.1, -0.05) is 6.07 Å². The van der Waals surface area contributed by atoms with E-state index in [9.17, 15) is 17.6 Å². The molecule has 92 valence electrons. The number of benzene rings is 1. The van der Waals surface area contributed by atoms with Gasteiger partial charge in [0.25, 0.3) is 0 Å². The van der Waals surface area contributed by atoms with Crippen LogP contribution in [-0.2, 0) is 0 Å². The van der Waals surface area contributed by atoms with E-state index < -0.39 is 19.0 Å². The molecule has 0 radical (unpaired) electrons. The first-order valence-corrected chi connectivity index (χ1v) is 4.66. The lowest BCUT2D eigenvalue weighted by Crippen LogP contribution is -2.33. The third kappa shape index (κ3) is 3.34. The van der Waals surface area contributed by atoms with E-state index in [0.717, 1.165) is 0 Å². The van der Waals surface area contributed by atoms with Crippen LogP contribution < -0.4 is 4.74 Å². The monoisotopic (exact) mass is 247 g/mol. The van der Waals surface area contributed by atoms with E-state index in [1.165, 1.54) is 12.1 Å². The molecule has 0 aliphatic carbocycles. The molecular weight excluding hydrogens is 238 g/mol. The van der Waals surface area contributed by atoms with Crippen LogP contribution in [0.15, 0.2) is 18.2 Å². The normalized spacial score (nSPS) is 11.4. The van der Waals surface area contributed by atoms with Gasteiger partial charge in [0.15, 0.2) is 6.61 Å². The molecule has 0 unspecified atom stereocenters. The molecule has 0 aliphatic rings. The van der Waals surface area contributed by atoms with Crippen LogP contribution in [0.5, 0.6) is 5.75 Å². The zero-order valence-corrected chi connectivity index (χ0v) is 8.88. The molecule has 0 aliphatic heterocycles. The summed E-state index contributed by atoms with van der Waals surface area (Å²) in [6.07, 6.45) is -3.79. The fourth-order valence-electron chi connectivity index (χ4n) is 1.08. The second-order valence-corrected chi connectivity index (χ2v) is 3.46. The number of halogens is 4. The Bertz CT molecular complexity index is 440. The summed E-state index contributed by atoms with van der Waals surface area (Å²) in [6.45, 7) is 0.210. The number of nitrogens with zero attached hydrogens (tertiary/aromatic N) is 1. The lowest BCUT2D eigenvalue weighted by molar-refractivity contribution is -0.148. The van der Waals surface area contributed by atoms with Crippen molar-refractivity contribution in [3.63, 3.8) is 0 Å². The predicted octanol–water partition coefficient (Wildman–Crippen LogP) is 3.15. The average Bonchev–Trinajstić information content (AvgIpc) is 2.26. The number of rotatable bonds is 4. The molecule has 17 heavy (non-hydrogen) atoms. The van der Waals surface area contributed by atoms with Gasteiger partial charge >= 0.3 is 12.3 Å². The smallest absolute Gasteiger partial charge is 0.340 e. The number of hydrogen-bond acceptors (Lipinski definition) is 2. The number of hydrogen-bond donors (Lipinski definition) is 0. The summed E-state index contributed by atoms with van der Waals surface area (Å²) in [5.41, 5.74) is 0.708. The van der Waals surface area contributed by atoms with Gasteiger partial charge in [0, 0.05) is 0 Å². The third-order valence-corrected chi connectivity index (χ3v) is 2.00. The van der Waals surface area contributed by atoms with Crippen molar-refractivity contribution < 1.29 is 22.3 Å². The molecule has 0 atom stereocenters. The van der Waals surface area contributed by atoms with Crippen molar-refractivity contribution in [1.29, 1.82) is 5.26 Å². The minimum absolute atomic E-state index is 0.0284. The first kappa shape index (κ1) is 13.3.